The van der Waals surface area contributed by atoms with E-state index in [0.717, 1.165) is 11.3 Å². The second-order valence-electron chi connectivity index (χ2n) is 4.43. The largest absolute Gasteiger partial charge is 0.493 e. The van der Waals surface area contributed by atoms with Crippen molar-refractivity contribution in [3.63, 3.8) is 0 Å². The molecule has 0 unspecified atom stereocenters. The van der Waals surface area contributed by atoms with Crippen molar-refractivity contribution in [2.45, 2.75) is 13.8 Å². The predicted octanol–water partition coefficient (Wildman–Crippen LogP) is 3.71. The Hall–Kier alpha value is -2.02. The lowest BCUT2D eigenvalue weighted by atomic mass is 10.2. The van der Waals surface area contributed by atoms with Crippen LogP contribution in [0.3, 0.4) is 0 Å². The number of ether oxygens (including phenoxy) is 3. The number of aryl methyl sites for hydroxylation is 1. The number of nitrogens with one attached hydrogen (secondary N) is 1. The van der Waals surface area contributed by atoms with E-state index in [-0.39, 0.29) is 0 Å². The SMILES string of the molecule is CCOc1nc(Nc2cc(C)c(OC)c(OC)c2)ncc1Br. The topological polar surface area (TPSA) is 65.5 Å². The van der Waals surface area contributed by atoms with Crippen molar-refractivity contribution in [2.75, 3.05) is 26.1 Å². The maximum absolute atomic E-state index is 5.44. The first-order chi connectivity index (χ1) is 10.6. The Morgan fingerprint density at radius 1 is 1.23 bits per heavy atom. The van der Waals surface area contributed by atoms with Gasteiger partial charge in [0, 0.05) is 11.8 Å². The predicted molar refractivity (Wildman–Crippen MR) is 88.5 cm³/mol. The summed E-state index contributed by atoms with van der Waals surface area (Å²) in [5.41, 5.74) is 1.76. The molecule has 118 valence electrons. The van der Waals surface area contributed by atoms with E-state index in [4.69, 9.17) is 14.2 Å². The van der Waals surface area contributed by atoms with Crippen LogP contribution in [0.4, 0.5) is 11.6 Å². The van der Waals surface area contributed by atoms with Gasteiger partial charge in [-0.3, -0.25) is 0 Å². The van der Waals surface area contributed by atoms with Crippen molar-refractivity contribution in [3.05, 3.63) is 28.4 Å². The van der Waals surface area contributed by atoms with E-state index in [2.05, 4.69) is 31.2 Å². The van der Waals surface area contributed by atoms with Crippen LogP contribution in [0.1, 0.15) is 12.5 Å². The van der Waals surface area contributed by atoms with Gasteiger partial charge in [0.2, 0.25) is 11.8 Å². The summed E-state index contributed by atoms with van der Waals surface area (Å²) in [5.74, 6) is 2.29. The normalized spacial score (nSPS) is 10.2. The first kappa shape index (κ1) is 16.4. The lowest BCUT2D eigenvalue weighted by molar-refractivity contribution is 0.324. The molecule has 1 heterocycles. The van der Waals surface area contributed by atoms with E-state index in [1.54, 1.807) is 20.4 Å². The van der Waals surface area contributed by atoms with E-state index < -0.39 is 0 Å². The standard InChI is InChI=1S/C15H18BrN3O3/c1-5-22-14-11(16)8-17-15(19-14)18-10-6-9(2)13(21-4)12(7-10)20-3/h6-8H,5H2,1-4H3,(H,17,18,19). The van der Waals surface area contributed by atoms with Crippen molar-refractivity contribution in [3.8, 4) is 17.4 Å². The van der Waals surface area contributed by atoms with Gasteiger partial charge in [0.05, 0.1) is 31.5 Å². The molecule has 0 atom stereocenters. The van der Waals surface area contributed by atoms with Crippen LogP contribution >= 0.6 is 15.9 Å². The van der Waals surface area contributed by atoms with Gasteiger partial charge in [0.15, 0.2) is 11.5 Å². The molecule has 0 aliphatic rings. The Balaban J connectivity index is 2.31. The number of methoxy groups -OCH3 is 2. The Bertz CT molecular complexity index is 665. The number of anilines is 2. The summed E-state index contributed by atoms with van der Waals surface area (Å²) in [5, 5.41) is 3.14. The van der Waals surface area contributed by atoms with Crippen LogP contribution in [-0.4, -0.2) is 30.8 Å². The molecule has 0 aliphatic carbocycles. The van der Waals surface area contributed by atoms with Crippen LogP contribution in [0.5, 0.6) is 17.4 Å². The first-order valence-corrected chi connectivity index (χ1v) is 7.53. The van der Waals surface area contributed by atoms with Gasteiger partial charge in [-0.15, -0.1) is 0 Å². The number of aromatic nitrogens is 2. The van der Waals surface area contributed by atoms with Crippen molar-refractivity contribution in [1.29, 1.82) is 0 Å². The molecule has 0 amide bonds. The van der Waals surface area contributed by atoms with E-state index in [9.17, 15) is 0 Å². The summed E-state index contributed by atoms with van der Waals surface area (Å²) in [6.07, 6.45) is 1.65. The Kier molecular flexibility index (Phi) is 5.43. The zero-order valence-electron chi connectivity index (χ0n) is 12.9. The van der Waals surface area contributed by atoms with Gasteiger partial charge in [-0.1, -0.05) is 0 Å². The van der Waals surface area contributed by atoms with Crippen LogP contribution in [0.2, 0.25) is 0 Å². The summed E-state index contributed by atoms with van der Waals surface area (Å²) in [6.45, 7) is 4.38. The first-order valence-electron chi connectivity index (χ1n) is 6.74. The Morgan fingerprint density at radius 2 is 2.00 bits per heavy atom. The van der Waals surface area contributed by atoms with Gasteiger partial charge in [-0.25, -0.2) is 4.98 Å². The zero-order chi connectivity index (χ0) is 16.1. The van der Waals surface area contributed by atoms with Gasteiger partial charge < -0.3 is 19.5 Å². The summed E-state index contributed by atoms with van der Waals surface area (Å²) in [7, 11) is 3.22. The average Bonchev–Trinajstić information content (AvgIpc) is 2.50. The molecular weight excluding hydrogens is 350 g/mol. The van der Waals surface area contributed by atoms with Crippen LogP contribution in [0.15, 0.2) is 22.8 Å². The molecule has 0 radical (unpaired) electrons. The highest BCUT2D eigenvalue weighted by molar-refractivity contribution is 9.10. The molecule has 6 nitrogen and oxygen atoms in total. The van der Waals surface area contributed by atoms with E-state index in [1.807, 2.05) is 26.0 Å². The van der Waals surface area contributed by atoms with Crippen molar-refractivity contribution >= 4 is 27.6 Å². The minimum absolute atomic E-state index is 0.443. The molecule has 1 aromatic carbocycles. The zero-order valence-corrected chi connectivity index (χ0v) is 14.5. The van der Waals surface area contributed by atoms with E-state index in [1.165, 1.54) is 0 Å². The molecule has 2 aromatic rings. The Labute approximate surface area is 138 Å². The molecule has 22 heavy (non-hydrogen) atoms. The van der Waals surface area contributed by atoms with Crippen molar-refractivity contribution in [1.82, 2.24) is 9.97 Å². The number of nitrogens with zero attached hydrogens (tertiary/aromatic N) is 2. The van der Waals surface area contributed by atoms with Gasteiger partial charge >= 0.3 is 0 Å². The van der Waals surface area contributed by atoms with Crippen molar-refractivity contribution in [2.24, 2.45) is 0 Å². The minimum atomic E-state index is 0.443. The van der Waals surface area contributed by atoms with Gasteiger partial charge in [0.1, 0.15) is 0 Å². The molecule has 0 bridgehead atoms. The Morgan fingerprint density at radius 3 is 2.64 bits per heavy atom. The molecule has 0 fully saturated rings. The van der Waals surface area contributed by atoms with Gasteiger partial charge in [-0.2, -0.15) is 4.98 Å². The van der Waals surface area contributed by atoms with Crippen LogP contribution in [0.25, 0.3) is 0 Å². The smallest absolute Gasteiger partial charge is 0.232 e. The average molecular weight is 368 g/mol. The highest BCUT2D eigenvalue weighted by atomic mass is 79.9. The van der Waals surface area contributed by atoms with Crippen molar-refractivity contribution < 1.29 is 14.2 Å². The second-order valence-corrected chi connectivity index (χ2v) is 5.29. The van der Waals surface area contributed by atoms with Crippen LogP contribution in [0, 0.1) is 6.92 Å². The third kappa shape index (κ3) is 3.59. The molecule has 2 rings (SSSR count). The quantitative estimate of drug-likeness (QED) is 0.839. The number of halogens is 1. The highest BCUT2D eigenvalue weighted by Crippen LogP contribution is 2.35. The molecule has 0 spiro atoms. The fraction of sp³-hybridized carbons (Fsp3) is 0.333. The fourth-order valence-corrected chi connectivity index (χ4v) is 2.31. The molecule has 0 aliphatic heterocycles. The molecule has 1 N–H and O–H groups in total. The minimum Gasteiger partial charge on any atom is -0.493 e. The maximum Gasteiger partial charge on any atom is 0.232 e. The summed E-state index contributed by atoms with van der Waals surface area (Å²) in [4.78, 5) is 8.54. The van der Waals surface area contributed by atoms with Gasteiger partial charge in [0.25, 0.3) is 0 Å². The third-order valence-corrected chi connectivity index (χ3v) is 3.46. The second kappa shape index (κ2) is 7.31. The molecule has 0 saturated heterocycles. The summed E-state index contributed by atoms with van der Waals surface area (Å²) in [6, 6.07) is 3.77. The van der Waals surface area contributed by atoms with E-state index >= 15 is 0 Å². The highest BCUT2D eigenvalue weighted by Gasteiger charge is 2.11. The lowest BCUT2D eigenvalue weighted by Crippen LogP contribution is -2.02. The van der Waals surface area contributed by atoms with Crippen LogP contribution in [-0.2, 0) is 0 Å². The number of hydrogen-bond acceptors (Lipinski definition) is 6. The van der Waals surface area contributed by atoms with E-state index in [0.29, 0.717) is 34.4 Å². The number of rotatable bonds is 6. The molecule has 0 saturated carbocycles. The summed E-state index contributed by atoms with van der Waals surface area (Å²) >= 11 is 3.36. The molecule has 1 aromatic heterocycles. The third-order valence-electron chi connectivity index (χ3n) is 2.91. The monoisotopic (exact) mass is 367 g/mol. The fourth-order valence-electron chi connectivity index (χ4n) is 2.01. The molecule has 7 heteroatoms. The molecular formula is C15H18BrN3O3. The number of hydrogen-bond donors (Lipinski definition) is 1. The summed E-state index contributed by atoms with van der Waals surface area (Å²) < 4.78 is 16.8. The van der Waals surface area contributed by atoms with Gasteiger partial charge in [-0.05, 0) is 41.4 Å². The van der Waals surface area contributed by atoms with Crippen LogP contribution < -0.4 is 19.5 Å². The number of benzene rings is 1. The lowest BCUT2D eigenvalue weighted by Gasteiger charge is -2.14. The maximum atomic E-state index is 5.44.